The number of hydrogen-bond acceptors (Lipinski definition) is 5. The first kappa shape index (κ1) is 13.2. The zero-order valence-corrected chi connectivity index (χ0v) is 11.6. The molecule has 0 radical (unpaired) electrons. The lowest BCUT2D eigenvalue weighted by Gasteiger charge is -2.36. The van der Waals surface area contributed by atoms with E-state index in [0.29, 0.717) is 36.2 Å². The average molecular weight is 316 g/mol. The predicted molar refractivity (Wildman–Crippen MR) is 70.7 cm³/mol. The molecule has 1 saturated heterocycles. The van der Waals surface area contributed by atoms with Crippen LogP contribution in [0, 0.1) is 10.1 Å². The van der Waals surface area contributed by atoms with Crippen LogP contribution in [0.4, 0.5) is 11.5 Å². The molecule has 18 heavy (non-hydrogen) atoms. The molecule has 1 aliphatic rings. The summed E-state index contributed by atoms with van der Waals surface area (Å²) in [7, 11) is 0. The van der Waals surface area contributed by atoms with E-state index in [1.165, 1.54) is 6.07 Å². The summed E-state index contributed by atoms with van der Waals surface area (Å²) in [5, 5.41) is 20.9. The van der Waals surface area contributed by atoms with Crippen molar-refractivity contribution in [1.82, 2.24) is 4.98 Å². The van der Waals surface area contributed by atoms with Crippen LogP contribution in [0.15, 0.2) is 16.7 Å². The van der Waals surface area contributed by atoms with Crippen LogP contribution in [0.5, 0.6) is 0 Å². The van der Waals surface area contributed by atoms with Crippen LogP contribution in [0.1, 0.15) is 19.8 Å². The highest BCUT2D eigenvalue weighted by Crippen LogP contribution is 2.32. The van der Waals surface area contributed by atoms with Crippen LogP contribution in [0.2, 0.25) is 0 Å². The lowest BCUT2D eigenvalue weighted by molar-refractivity contribution is -0.384. The molecule has 2 rings (SSSR count). The number of rotatable bonds is 2. The Morgan fingerprint density at radius 2 is 2.17 bits per heavy atom. The summed E-state index contributed by atoms with van der Waals surface area (Å²) in [6.45, 7) is 2.93. The highest BCUT2D eigenvalue weighted by molar-refractivity contribution is 9.10. The molecule has 0 unspecified atom stereocenters. The summed E-state index contributed by atoms with van der Waals surface area (Å²) in [6.07, 6.45) is 2.72. The quantitative estimate of drug-likeness (QED) is 0.668. The molecule has 1 aliphatic heterocycles. The summed E-state index contributed by atoms with van der Waals surface area (Å²) in [5.41, 5.74) is -0.688. The molecule has 0 bridgehead atoms. The summed E-state index contributed by atoms with van der Waals surface area (Å²) in [5.74, 6) is 0.374. The van der Waals surface area contributed by atoms with Crippen molar-refractivity contribution in [2.75, 3.05) is 18.0 Å². The fourth-order valence-electron chi connectivity index (χ4n) is 2.00. The molecule has 1 fully saturated rings. The van der Waals surface area contributed by atoms with Crippen molar-refractivity contribution in [1.29, 1.82) is 0 Å². The zero-order chi connectivity index (χ0) is 13.3. The third kappa shape index (κ3) is 2.78. The van der Waals surface area contributed by atoms with Crippen LogP contribution >= 0.6 is 15.9 Å². The number of pyridine rings is 1. The normalized spacial score (nSPS) is 18.7. The van der Waals surface area contributed by atoms with Gasteiger partial charge in [-0.15, -0.1) is 0 Å². The monoisotopic (exact) mass is 315 g/mol. The van der Waals surface area contributed by atoms with Gasteiger partial charge in [-0.2, -0.15) is 0 Å². The second-order valence-electron chi connectivity index (χ2n) is 4.74. The molecule has 0 spiro atoms. The molecule has 2 heterocycles. The first-order chi connectivity index (χ1) is 8.39. The van der Waals surface area contributed by atoms with Crippen molar-refractivity contribution in [2.45, 2.75) is 25.4 Å². The molecule has 6 nitrogen and oxygen atoms in total. The third-order valence-corrected chi connectivity index (χ3v) is 3.58. The highest BCUT2D eigenvalue weighted by Gasteiger charge is 2.31. The van der Waals surface area contributed by atoms with Crippen molar-refractivity contribution < 1.29 is 10.0 Å². The Bertz CT molecular complexity index is 469. The van der Waals surface area contributed by atoms with Gasteiger partial charge in [0.15, 0.2) is 0 Å². The Hall–Kier alpha value is -1.21. The Balaban J connectivity index is 2.26. The van der Waals surface area contributed by atoms with E-state index in [0.717, 1.165) is 0 Å². The van der Waals surface area contributed by atoms with Gasteiger partial charge < -0.3 is 10.0 Å². The van der Waals surface area contributed by atoms with Gasteiger partial charge in [0.05, 0.1) is 10.5 Å². The van der Waals surface area contributed by atoms with Gasteiger partial charge in [0.2, 0.25) is 5.82 Å². The molecular weight excluding hydrogens is 302 g/mol. The van der Waals surface area contributed by atoms with Gasteiger partial charge in [0, 0.05) is 29.8 Å². The lowest BCUT2D eigenvalue weighted by Crippen LogP contribution is -2.43. The van der Waals surface area contributed by atoms with Crippen LogP contribution < -0.4 is 4.90 Å². The minimum atomic E-state index is -0.680. The minimum absolute atomic E-state index is 0.00841. The van der Waals surface area contributed by atoms with E-state index in [-0.39, 0.29) is 5.69 Å². The minimum Gasteiger partial charge on any atom is -0.390 e. The molecular formula is C11H14BrN3O3. The molecule has 1 aromatic rings. The van der Waals surface area contributed by atoms with Crippen LogP contribution in [0.25, 0.3) is 0 Å². The van der Waals surface area contributed by atoms with Gasteiger partial charge in [0.1, 0.15) is 0 Å². The molecule has 98 valence electrons. The number of hydrogen-bond donors (Lipinski definition) is 1. The molecule has 0 atom stereocenters. The Kier molecular flexibility index (Phi) is 3.54. The van der Waals surface area contributed by atoms with E-state index in [2.05, 4.69) is 20.9 Å². The van der Waals surface area contributed by atoms with E-state index in [4.69, 9.17) is 0 Å². The molecule has 0 aromatic carbocycles. The Morgan fingerprint density at radius 3 is 2.72 bits per heavy atom. The maximum absolute atomic E-state index is 11.0. The number of nitro groups is 1. The molecule has 0 saturated carbocycles. The fraction of sp³-hybridized carbons (Fsp3) is 0.545. The van der Waals surface area contributed by atoms with E-state index < -0.39 is 10.5 Å². The van der Waals surface area contributed by atoms with E-state index >= 15 is 0 Å². The number of piperidine rings is 1. The first-order valence-corrected chi connectivity index (χ1v) is 6.46. The number of halogens is 1. The number of nitrogens with zero attached hydrogens (tertiary/aromatic N) is 3. The second-order valence-corrected chi connectivity index (χ2v) is 5.65. The Morgan fingerprint density at radius 1 is 1.56 bits per heavy atom. The van der Waals surface area contributed by atoms with Crippen LogP contribution in [0.3, 0.4) is 0 Å². The second kappa shape index (κ2) is 4.81. The van der Waals surface area contributed by atoms with E-state index in [1.807, 2.05) is 4.90 Å². The van der Waals surface area contributed by atoms with Gasteiger partial charge in [-0.05, 0) is 35.7 Å². The molecule has 7 heteroatoms. The number of anilines is 1. The SMILES string of the molecule is CC1(O)CCN(c2ncc(Br)cc2[N+](=O)[O-])CC1. The predicted octanol–water partition coefficient (Wildman–Crippen LogP) is 2.10. The first-order valence-electron chi connectivity index (χ1n) is 5.66. The smallest absolute Gasteiger partial charge is 0.312 e. The molecule has 0 amide bonds. The standard InChI is InChI=1S/C11H14BrN3O3/c1-11(16)2-4-14(5-3-11)10-9(15(17)18)6-8(12)7-13-10/h6-7,16H,2-5H2,1H3. The topological polar surface area (TPSA) is 79.5 Å². The van der Waals surface area contributed by atoms with Gasteiger partial charge in [-0.3, -0.25) is 10.1 Å². The lowest BCUT2D eigenvalue weighted by atomic mass is 9.94. The van der Waals surface area contributed by atoms with Gasteiger partial charge in [-0.25, -0.2) is 4.98 Å². The van der Waals surface area contributed by atoms with Gasteiger partial charge in [-0.1, -0.05) is 0 Å². The van der Waals surface area contributed by atoms with Crippen LogP contribution in [-0.4, -0.2) is 33.7 Å². The maximum Gasteiger partial charge on any atom is 0.312 e. The maximum atomic E-state index is 11.0. The van der Waals surface area contributed by atoms with Crippen molar-refractivity contribution in [3.8, 4) is 0 Å². The van der Waals surface area contributed by atoms with E-state index in [1.54, 1.807) is 13.1 Å². The molecule has 0 aliphatic carbocycles. The zero-order valence-electron chi connectivity index (χ0n) is 9.97. The summed E-state index contributed by atoms with van der Waals surface area (Å²) in [6, 6.07) is 1.45. The Labute approximate surface area is 113 Å². The van der Waals surface area contributed by atoms with Crippen molar-refractivity contribution in [3.05, 3.63) is 26.9 Å². The summed E-state index contributed by atoms with van der Waals surface area (Å²) in [4.78, 5) is 16.6. The third-order valence-electron chi connectivity index (χ3n) is 3.15. The van der Waals surface area contributed by atoms with Gasteiger partial charge in [0.25, 0.3) is 0 Å². The largest absolute Gasteiger partial charge is 0.390 e. The summed E-state index contributed by atoms with van der Waals surface area (Å²) >= 11 is 3.18. The van der Waals surface area contributed by atoms with Crippen LogP contribution in [-0.2, 0) is 0 Å². The molecule has 1 N–H and O–H groups in total. The number of aliphatic hydroxyl groups is 1. The van der Waals surface area contributed by atoms with E-state index in [9.17, 15) is 15.2 Å². The summed E-state index contributed by atoms with van der Waals surface area (Å²) < 4.78 is 0.585. The van der Waals surface area contributed by atoms with Crippen molar-refractivity contribution in [3.63, 3.8) is 0 Å². The van der Waals surface area contributed by atoms with Crippen molar-refractivity contribution >= 4 is 27.4 Å². The number of aromatic nitrogens is 1. The average Bonchev–Trinajstić information content (AvgIpc) is 2.29. The fourth-order valence-corrected chi connectivity index (χ4v) is 2.32. The highest BCUT2D eigenvalue weighted by atomic mass is 79.9. The molecule has 1 aromatic heterocycles. The van der Waals surface area contributed by atoms with Gasteiger partial charge >= 0.3 is 5.69 Å². The van der Waals surface area contributed by atoms with Crippen molar-refractivity contribution in [2.24, 2.45) is 0 Å².